The number of ether oxygens (including phenoxy) is 1. The third kappa shape index (κ3) is 3.01. The Hall–Kier alpha value is -0.570. The molecule has 0 aromatic carbocycles. The average molecular weight is 241 g/mol. The lowest BCUT2D eigenvalue weighted by molar-refractivity contribution is -0.199. The first kappa shape index (κ1) is 14.5. The Labute approximate surface area is 106 Å². The van der Waals surface area contributed by atoms with E-state index in [1.165, 1.54) is 0 Å². The number of hydrogen-bond donors (Lipinski definition) is 0. The number of carbonyl (C=O) groups is 1. The Kier molecular flexibility index (Phi) is 3.39. The maximum atomic E-state index is 12.4. The molecule has 0 aromatic heterocycles. The molecule has 1 atom stereocenters. The molecule has 0 radical (unpaired) electrons. The van der Waals surface area contributed by atoms with E-state index >= 15 is 0 Å². The zero-order valence-corrected chi connectivity index (χ0v) is 12.5. The molecule has 100 valence electrons. The van der Waals surface area contributed by atoms with Crippen molar-refractivity contribution in [3.8, 4) is 0 Å². The molecule has 3 nitrogen and oxygen atoms in total. The van der Waals surface area contributed by atoms with Gasteiger partial charge in [-0.2, -0.15) is 0 Å². The zero-order valence-electron chi connectivity index (χ0n) is 12.5. The molecule has 1 amide bonds. The Balaban J connectivity index is 3.05. The van der Waals surface area contributed by atoms with Gasteiger partial charge < -0.3 is 9.64 Å². The lowest BCUT2D eigenvalue weighted by Gasteiger charge is -2.50. The molecule has 0 N–H and O–H groups in total. The van der Waals surface area contributed by atoms with Crippen LogP contribution in [-0.2, 0) is 9.53 Å². The summed E-state index contributed by atoms with van der Waals surface area (Å²) in [4.78, 5) is 14.3. The van der Waals surface area contributed by atoms with Crippen LogP contribution >= 0.6 is 0 Å². The zero-order chi connectivity index (χ0) is 13.6. The molecule has 3 heteroatoms. The minimum Gasteiger partial charge on any atom is -0.360 e. The Morgan fingerprint density at radius 1 is 1.18 bits per heavy atom. The summed E-state index contributed by atoms with van der Waals surface area (Å²) in [6.07, 6.45) is 0.0782. The molecule has 0 spiro atoms. The largest absolute Gasteiger partial charge is 0.360 e. The second-order valence-corrected chi connectivity index (χ2v) is 7.57. The maximum Gasteiger partial charge on any atom is 0.254 e. The van der Waals surface area contributed by atoms with E-state index in [1.54, 1.807) is 0 Å². The van der Waals surface area contributed by atoms with Gasteiger partial charge in [-0.25, -0.2) is 0 Å². The van der Waals surface area contributed by atoms with Crippen molar-refractivity contribution >= 4 is 5.91 Å². The first-order valence-corrected chi connectivity index (χ1v) is 6.35. The van der Waals surface area contributed by atoms with E-state index in [0.29, 0.717) is 6.54 Å². The summed E-state index contributed by atoms with van der Waals surface area (Å²) in [5.74, 6) is 0.0884. The van der Waals surface area contributed by atoms with Crippen molar-refractivity contribution < 1.29 is 9.53 Å². The summed E-state index contributed by atoms with van der Waals surface area (Å²) < 4.78 is 5.98. The number of carbonyl (C=O) groups excluding carboxylic acids is 1. The van der Waals surface area contributed by atoms with Gasteiger partial charge in [0.05, 0.1) is 6.10 Å². The van der Waals surface area contributed by atoms with Crippen molar-refractivity contribution in [3.63, 3.8) is 0 Å². The SMILES string of the molecule is CC1(C)OC(C(C)(C)C)CN(C(C)(C)C)C1=O. The Morgan fingerprint density at radius 3 is 2.00 bits per heavy atom. The molecule has 0 aromatic rings. The average Bonchev–Trinajstić information content (AvgIpc) is 2.05. The molecule has 1 saturated heterocycles. The fourth-order valence-electron chi connectivity index (χ4n) is 2.05. The maximum absolute atomic E-state index is 12.4. The molecule has 1 aliphatic rings. The van der Waals surface area contributed by atoms with Crippen LogP contribution in [-0.4, -0.2) is 34.6 Å². The van der Waals surface area contributed by atoms with E-state index < -0.39 is 5.60 Å². The van der Waals surface area contributed by atoms with Crippen molar-refractivity contribution in [2.75, 3.05) is 6.54 Å². The van der Waals surface area contributed by atoms with Crippen molar-refractivity contribution in [2.24, 2.45) is 5.41 Å². The molecular formula is C14H27NO2. The minimum atomic E-state index is -0.719. The third-order valence-corrected chi connectivity index (χ3v) is 3.32. The summed E-state index contributed by atoms with van der Waals surface area (Å²) in [6.45, 7) is 17.1. The predicted molar refractivity (Wildman–Crippen MR) is 69.9 cm³/mol. The van der Waals surface area contributed by atoms with Gasteiger partial charge in [-0.05, 0) is 40.0 Å². The van der Waals surface area contributed by atoms with Crippen LogP contribution in [0.1, 0.15) is 55.4 Å². The molecular weight excluding hydrogens is 214 g/mol. The van der Waals surface area contributed by atoms with Crippen LogP contribution in [0.4, 0.5) is 0 Å². The Morgan fingerprint density at radius 2 is 1.65 bits per heavy atom. The highest BCUT2D eigenvalue weighted by molar-refractivity contribution is 5.85. The molecule has 17 heavy (non-hydrogen) atoms. The number of nitrogens with zero attached hydrogens (tertiary/aromatic N) is 1. The van der Waals surface area contributed by atoms with Crippen molar-refractivity contribution in [1.29, 1.82) is 0 Å². The number of hydrogen-bond acceptors (Lipinski definition) is 2. The molecule has 1 aliphatic heterocycles. The van der Waals surface area contributed by atoms with Gasteiger partial charge in [0.2, 0.25) is 0 Å². The third-order valence-electron chi connectivity index (χ3n) is 3.32. The highest BCUT2D eigenvalue weighted by Gasteiger charge is 2.47. The molecule has 0 bridgehead atoms. The van der Waals surface area contributed by atoms with Crippen LogP contribution in [0, 0.1) is 5.41 Å². The minimum absolute atomic E-state index is 0.0431. The van der Waals surface area contributed by atoms with E-state index in [2.05, 4.69) is 41.5 Å². The van der Waals surface area contributed by atoms with Crippen LogP contribution in [0.25, 0.3) is 0 Å². The lowest BCUT2D eigenvalue weighted by atomic mass is 9.85. The van der Waals surface area contributed by atoms with Crippen molar-refractivity contribution in [3.05, 3.63) is 0 Å². The van der Waals surface area contributed by atoms with E-state index in [9.17, 15) is 4.79 Å². The van der Waals surface area contributed by atoms with Gasteiger partial charge >= 0.3 is 0 Å². The smallest absolute Gasteiger partial charge is 0.254 e. The van der Waals surface area contributed by atoms with Crippen LogP contribution < -0.4 is 0 Å². The Bertz CT molecular complexity index is 307. The monoisotopic (exact) mass is 241 g/mol. The summed E-state index contributed by atoms with van der Waals surface area (Å²) in [7, 11) is 0. The molecule has 0 aliphatic carbocycles. The first-order chi connectivity index (χ1) is 7.36. The summed E-state index contributed by atoms with van der Waals surface area (Å²) >= 11 is 0. The molecule has 1 heterocycles. The van der Waals surface area contributed by atoms with Gasteiger partial charge in [0, 0.05) is 12.1 Å². The number of morpholine rings is 1. The normalized spacial score (nSPS) is 26.2. The molecule has 0 saturated carbocycles. The summed E-state index contributed by atoms with van der Waals surface area (Å²) in [6, 6.07) is 0. The summed E-state index contributed by atoms with van der Waals surface area (Å²) in [5.41, 5.74) is -0.827. The quantitative estimate of drug-likeness (QED) is 0.652. The first-order valence-electron chi connectivity index (χ1n) is 6.35. The van der Waals surface area contributed by atoms with E-state index in [0.717, 1.165) is 0 Å². The number of amides is 1. The van der Waals surface area contributed by atoms with Gasteiger partial charge in [-0.15, -0.1) is 0 Å². The van der Waals surface area contributed by atoms with Crippen LogP contribution in [0.2, 0.25) is 0 Å². The molecule has 1 unspecified atom stereocenters. The van der Waals surface area contributed by atoms with Gasteiger partial charge in [0.15, 0.2) is 0 Å². The van der Waals surface area contributed by atoms with Gasteiger partial charge in [-0.1, -0.05) is 20.8 Å². The highest BCUT2D eigenvalue weighted by atomic mass is 16.5. The fourth-order valence-corrected chi connectivity index (χ4v) is 2.05. The lowest BCUT2D eigenvalue weighted by Crippen LogP contribution is -2.64. The summed E-state index contributed by atoms with van der Waals surface area (Å²) in [5, 5.41) is 0. The standard InChI is InChI=1S/C14H27NO2/c1-12(2,3)10-9-15(13(4,5)6)11(16)14(7,8)17-10/h10H,9H2,1-8H3. The van der Waals surface area contributed by atoms with E-state index in [1.807, 2.05) is 18.7 Å². The van der Waals surface area contributed by atoms with E-state index in [-0.39, 0.29) is 23.0 Å². The second kappa shape index (κ2) is 3.98. The fraction of sp³-hybridized carbons (Fsp3) is 0.929. The number of rotatable bonds is 0. The van der Waals surface area contributed by atoms with Gasteiger partial charge in [0.25, 0.3) is 5.91 Å². The molecule has 1 fully saturated rings. The topological polar surface area (TPSA) is 29.5 Å². The molecule has 1 rings (SSSR count). The van der Waals surface area contributed by atoms with Crippen LogP contribution in [0.15, 0.2) is 0 Å². The van der Waals surface area contributed by atoms with Gasteiger partial charge in [-0.3, -0.25) is 4.79 Å². The van der Waals surface area contributed by atoms with Gasteiger partial charge in [0.1, 0.15) is 5.60 Å². The highest BCUT2D eigenvalue weighted by Crippen LogP contribution is 2.35. The van der Waals surface area contributed by atoms with Crippen molar-refractivity contribution in [1.82, 2.24) is 4.90 Å². The second-order valence-electron chi connectivity index (χ2n) is 7.57. The van der Waals surface area contributed by atoms with Crippen LogP contribution in [0.5, 0.6) is 0 Å². The van der Waals surface area contributed by atoms with Crippen molar-refractivity contribution in [2.45, 2.75) is 72.6 Å². The van der Waals surface area contributed by atoms with E-state index in [4.69, 9.17) is 4.74 Å². The van der Waals surface area contributed by atoms with Crippen LogP contribution in [0.3, 0.4) is 0 Å². The predicted octanol–water partition coefficient (Wildman–Crippen LogP) is 2.84.